The van der Waals surface area contributed by atoms with Crippen LogP contribution in [0, 0.1) is 0 Å². The summed E-state index contributed by atoms with van der Waals surface area (Å²) in [6, 6.07) is 2.03. The van der Waals surface area contributed by atoms with Gasteiger partial charge in [-0.2, -0.15) is 0 Å². The van der Waals surface area contributed by atoms with E-state index in [1.165, 1.54) is 13.8 Å². The second-order valence-electron chi connectivity index (χ2n) is 4.66. The number of carboxylic acid groups (broad SMARTS) is 1. The first kappa shape index (κ1) is 19.6. The largest absolute Gasteiger partial charge is 0.479 e. The minimum Gasteiger partial charge on any atom is -0.479 e. The van der Waals surface area contributed by atoms with Gasteiger partial charge in [0.05, 0.1) is 13.0 Å². The van der Waals surface area contributed by atoms with Crippen LogP contribution in [-0.2, 0) is 19.1 Å². The van der Waals surface area contributed by atoms with E-state index in [2.05, 4.69) is 4.98 Å². The number of Topliss-reactive ketones (excluding diaryl/α,β-unsaturated/α-hetero) is 1. The number of nitrogens with zero attached hydrogens (tertiary/aromatic N) is 1. The third-order valence-corrected chi connectivity index (χ3v) is 3.08. The quantitative estimate of drug-likeness (QED) is 0.415. The predicted molar refractivity (Wildman–Crippen MR) is 76.8 cm³/mol. The number of alkyl halides is 2. The molecule has 0 spiro atoms. The van der Waals surface area contributed by atoms with E-state index >= 15 is 0 Å². The van der Waals surface area contributed by atoms with Gasteiger partial charge in [0.2, 0.25) is 0 Å². The third kappa shape index (κ3) is 4.31. The highest BCUT2D eigenvalue weighted by atomic mass is 19.3. The van der Waals surface area contributed by atoms with Gasteiger partial charge in [-0.3, -0.25) is 9.78 Å². The van der Waals surface area contributed by atoms with Crippen LogP contribution in [0.15, 0.2) is 18.3 Å². The van der Waals surface area contributed by atoms with Crippen molar-refractivity contribution in [3.8, 4) is 0 Å². The van der Waals surface area contributed by atoms with E-state index in [9.17, 15) is 28.3 Å². The molecule has 0 bridgehead atoms. The van der Waals surface area contributed by atoms with Crippen molar-refractivity contribution in [3.05, 3.63) is 29.6 Å². The number of hydrogen-bond acceptors (Lipinski definition) is 6. The number of esters is 1. The maximum absolute atomic E-state index is 12.5. The molecule has 7 nitrogen and oxygen atoms in total. The third-order valence-electron chi connectivity index (χ3n) is 3.08. The van der Waals surface area contributed by atoms with Crippen molar-refractivity contribution >= 4 is 17.7 Å². The molecular weight excluding hydrogens is 328 g/mol. The number of ketones is 1. The van der Waals surface area contributed by atoms with Gasteiger partial charge in [-0.05, 0) is 26.0 Å². The molecule has 132 valence electrons. The van der Waals surface area contributed by atoms with Crippen LogP contribution in [0.25, 0.3) is 0 Å². The highest BCUT2D eigenvalue weighted by Gasteiger charge is 2.51. The van der Waals surface area contributed by atoms with Gasteiger partial charge in [-0.1, -0.05) is 0 Å². The first-order valence-electron chi connectivity index (χ1n) is 7.10. The number of carboxylic acids is 1. The molecule has 0 amide bonds. The molecule has 0 radical (unpaired) electrons. The van der Waals surface area contributed by atoms with E-state index in [0.29, 0.717) is 0 Å². The van der Waals surface area contributed by atoms with Crippen LogP contribution >= 0.6 is 0 Å². The standard InChI is InChI=1S/C15H17F2NO6/c1-3-23-14(22)15(13(20)21,24-4-2)7-11(19)9-5-6-10(12(16)17)18-8-9/h5-6,8,12H,3-4,7H2,1-2H3,(H,20,21). The molecule has 0 aliphatic rings. The summed E-state index contributed by atoms with van der Waals surface area (Å²) in [6.45, 7) is 2.69. The minimum atomic E-state index is -2.80. The van der Waals surface area contributed by atoms with E-state index in [0.717, 1.165) is 18.3 Å². The maximum atomic E-state index is 12.5. The molecule has 1 heterocycles. The highest BCUT2D eigenvalue weighted by Crippen LogP contribution is 2.23. The zero-order valence-corrected chi connectivity index (χ0v) is 13.1. The van der Waals surface area contributed by atoms with Crippen LogP contribution < -0.4 is 0 Å². The Hall–Kier alpha value is -2.42. The van der Waals surface area contributed by atoms with Crippen LogP contribution in [-0.4, -0.2) is 46.6 Å². The molecule has 1 atom stereocenters. The lowest BCUT2D eigenvalue weighted by molar-refractivity contribution is -0.186. The molecule has 1 unspecified atom stereocenters. The number of pyridine rings is 1. The molecule has 24 heavy (non-hydrogen) atoms. The number of ether oxygens (including phenoxy) is 2. The van der Waals surface area contributed by atoms with Gasteiger partial charge in [-0.15, -0.1) is 0 Å². The number of aromatic nitrogens is 1. The van der Waals surface area contributed by atoms with Crippen molar-refractivity contribution in [2.45, 2.75) is 32.3 Å². The number of carbonyl (C=O) groups excluding carboxylic acids is 2. The highest BCUT2D eigenvalue weighted by molar-refractivity contribution is 6.09. The molecule has 1 N–H and O–H groups in total. The molecule has 1 aromatic rings. The number of rotatable bonds is 9. The molecule has 0 saturated carbocycles. The molecular formula is C15H17F2NO6. The molecule has 0 fully saturated rings. The second-order valence-corrected chi connectivity index (χ2v) is 4.66. The van der Waals surface area contributed by atoms with Crippen molar-refractivity contribution in [3.63, 3.8) is 0 Å². The smallest absolute Gasteiger partial charge is 0.350 e. The number of carbonyl (C=O) groups is 3. The topological polar surface area (TPSA) is 103 Å². The van der Waals surface area contributed by atoms with E-state index in [1.54, 1.807) is 0 Å². The summed E-state index contributed by atoms with van der Waals surface area (Å²) in [6.07, 6.45) is -2.74. The first-order valence-corrected chi connectivity index (χ1v) is 7.10. The van der Waals surface area contributed by atoms with Gasteiger partial charge in [0.25, 0.3) is 12.0 Å². The molecule has 1 aromatic heterocycles. The Morgan fingerprint density at radius 2 is 1.92 bits per heavy atom. The van der Waals surface area contributed by atoms with Gasteiger partial charge in [0.1, 0.15) is 5.69 Å². The summed E-state index contributed by atoms with van der Waals surface area (Å²) >= 11 is 0. The SMILES string of the molecule is CCOC(=O)C(CC(=O)c1ccc(C(F)F)nc1)(OCC)C(=O)O. The maximum Gasteiger partial charge on any atom is 0.350 e. The van der Waals surface area contributed by atoms with Crippen molar-refractivity contribution in [1.29, 1.82) is 0 Å². The monoisotopic (exact) mass is 345 g/mol. The number of aliphatic carboxylic acids is 1. The van der Waals surface area contributed by atoms with Gasteiger partial charge in [-0.25, -0.2) is 18.4 Å². The fourth-order valence-electron chi connectivity index (χ4n) is 1.93. The lowest BCUT2D eigenvalue weighted by atomic mass is 9.94. The van der Waals surface area contributed by atoms with E-state index < -0.39 is 41.9 Å². The Labute approximate surface area is 136 Å². The normalized spacial score (nSPS) is 13.4. The van der Waals surface area contributed by atoms with Gasteiger partial charge >= 0.3 is 11.9 Å². The minimum absolute atomic E-state index is 0.0975. The Balaban J connectivity index is 3.10. The summed E-state index contributed by atoms with van der Waals surface area (Å²) in [5.41, 5.74) is -3.14. The van der Waals surface area contributed by atoms with Crippen molar-refractivity contribution in [2.75, 3.05) is 13.2 Å². The van der Waals surface area contributed by atoms with Gasteiger partial charge < -0.3 is 14.6 Å². The molecule has 9 heteroatoms. The summed E-state index contributed by atoms with van der Waals surface area (Å²) in [7, 11) is 0. The molecule has 0 aliphatic heterocycles. The van der Waals surface area contributed by atoms with Crippen molar-refractivity contribution in [1.82, 2.24) is 4.98 Å². The van der Waals surface area contributed by atoms with Gasteiger partial charge in [0.15, 0.2) is 5.78 Å². The fourth-order valence-corrected chi connectivity index (χ4v) is 1.93. The molecule has 0 saturated heterocycles. The van der Waals surface area contributed by atoms with Crippen LogP contribution in [0.1, 0.15) is 42.7 Å². The average Bonchev–Trinajstić information content (AvgIpc) is 2.54. The van der Waals surface area contributed by atoms with E-state index in [-0.39, 0.29) is 18.8 Å². The zero-order valence-electron chi connectivity index (χ0n) is 13.1. The lowest BCUT2D eigenvalue weighted by Crippen LogP contribution is -2.51. The van der Waals surface area contributed by atoms with Gasteiger partial charge in [0, 0.05) is 18.4 Å². The van der Waals surface area contributed by atoms with Crippen LogP contribution in [0.2, 0.25) is 0 Å². The Morgan fingerprint density at radius 3 is 2.33 bits per heavy atom. The fraction of sp³-hybridized carbons (Fsp3) is 0.467. The zero-order chi connectivity index (χ0) is 18.3. The first-order chi connectivity index (χ1) is 11.3. The molecule has 0 aliphatic carbocycles. The van der Waals surface area contributed by atoms with Crippen molar-refractivity contribution in [2.24, 2.45) is 0 Å². The second kappa shape index (κ2) is 8.44. The van der Waals surface area contributed by atoms with Crippen LogP contribution in [0.3, 0.4) is 0 Å². The summed E-state index contributed by atoms with van der Waals surface area (Å²) in [5, 5.41) is 9.37. The van der Waals surface area contributed by atoms with Crippen molar-refractivity contribution < 1.29 is 37.7 Å². The summed E-state index contributed by atoms with van der Waals surface area (Å²) < 4.78 is 34.6. The summed E-state index contributed by atoms with van der Waals surface area (Å²) in [4.78, 5) is 39.2. The van der Waals surface area contributed by atoms with Crippen LogP contribution in [0.5, 0.6) is 0 Å². The number of hydrogen-bond donors (Lipinski definition) is 1. The average molecular weight is 345 g/mol. The Kier molecular flexibility index (Phi) is 6.90. The van der Waals surface area contributed by atoms with Crippen LogP contribution in [0.4, 0.5) is 8.78 Å². The predicted octanol–water partition coefficient (Wildman–Crippen LogP) is 2.02. The van der Waals surface area contributed by atoms with E-state index in [1.807, 2.05) is 0 Å². The Bertz CT molecular complexity index is 604. The molecule has 0 aromatic carbocycles. The summed E-state index contributed by atoms with van der Waals surface area (Å²) in [5.74, 6) is -3.68. The lowest BCUT2D eigenvalue weighted by Gasteiger charge is -2.26. The number of halogens is 2. The molecule has 1 rings (SSSR count). The Morgan fingerprint density at radius 1 is 1.25 bits per heavy atom. The van der Waals surface area contributed by atoms with E-state index in [4.69, 9.17) is 9.47 Å².